The van der Waals surface area contributed by atoms with E-state index in [0.717, 1.165) is 0 Å². The van der Waals surface area contributed by atoms with Crippen LogP contribution in [0.1, 0.15) is 97.0 Å². The van der Waals surface area contributed by atoms with E-state index in [1.165, 1.54) is 31.4 Å². The van der Waals surface area contributed by atoms with Crippen LogP contribution in [0, 0.1) is 46.6 Å². The lowest BCUT2D eigenvalue weighted by Gasteiger charge is -2.46. The number of ketones is 1. The molecule has 0 aromatic heterocycles. The summed E-state index contributed by atoms with van der Waals surface area (Å²) in [7, 11) is 1.74. The van der Waals surface area contributed by atoms with Crippen LogP contribution in [-0.2, 0) is 23.8 Å². The lowest BCUT2D eigenvalue weighted by molar-refractivity contribution is -0.385. The second-order valence-electron chi connectivity index (χ2n) is 15.4. The lowest BCUT2D eigenvalue weighted by Crippen LogP contribution is -2.58. The minimum atomic E-state index is -1.65. The third-order valence-corrected chi connectivity index (χ3v) is 11.2. The van der Waals surface area contributed by atoms with Gasteiger partial charge in [-0.3, -0.25) is 19.7 Å². The lowest BCUT2D eigenvalue weighted by atomic mass is 9.70. The van der Waals surface area contributed by atoms with Gasteiger partial charge in [0.2, 0.25) is 0 Å². The first-order valence-electron chi connectivity index (χ1n) is 18.8. The van der Waals surface area contributed by atoms with E-state index in [0.29, 0.717) is 25.1 Å². The van der Waals surface area contributed by atoms with Crippen molar-refractivity contribution in [3.8, 4) is 0 Å². The van der Waals surface area contributed by atoms with Gasteiger partial charge in [-0.25, -0.2) is 0 Å². The Morgan fingerprint density at radius 3 is 2.51 bits per heavy atom. The average molecular weight is 747 g/mol. The van der Waals surface area contributed by atoms with Crippen molar-refractivity contribution in [3.63, 3.8) is 0 Å². The van der Waals surface area contributed by atoms with Crippen molar-refractivity contribution < 1.29 is 43.8 Å². The van der Waals surface area contributed by atoms with Crippen LogP contribution < -0.4 is 10.6 Å². The van der Waals surface area contributed by atoms with Gasteiger partial charge in [0.15, 0.2) is 12.1 Å². The van der Waals surface area contributed by atoms with Crippen LogP contribution >= 0.6 is 0 Å². The summed E-state index contributed by atoms with van der Waals surface area (Å²) in [6, 6.07) is 3.75. The Morgan fingerprint density at radius 2 is 1.91 bits per heavy atom. The van der Waals surface area contributed by atoms with Gasteiger partial charge in [0.05, 0.1) is 34.4 Å². The maximum absolute atomic E-state index is 14.2. The molecule has 2 aliphatic rings. The number of nitrogens with zero attached hydrogens (tertiary/aromatic N) is 2. The molecule has 0 amide bonds. The highest BCUT2D eigenvalue weighted by Crippen LogP contribution is 2.40. The zero-order valence-electron chi connectivity index (χ0n) is 33.0. The molecule has 0 saturated carbocycles. The largest absolute Gasteiger partial charge is 0.461 e. The number of aliphatic hydroxyl groups excluding tert-OH is 1. The highest BCUT2D eigenvalue weighted by molar-refractivity contribution is 5.98. The van der Waals surface area contributed by atoms with Gasteiger partial charge >= 0.3 is 5.97 Å². The molecule has 2 aliphatic heterocycles. The smallest absolute Gasteiger partial charge is 0.309 e. The number of hydrogen-bond acceptors (Lipinski definition) is 13. The van der Waals surface area contributed by atoms with Crippen LogP contribution in [0.15, 0.2) is 36.2 Å². The fraction of sp³-hybridized carbons (Fsp3) is 0.718. The summed E-state index contributed by atoms with van der Waals surface area (Å²) in [4.78, 5) is 44.8. The number of carbonyl (C=O) groups excluding carboxylic acids is 2. The first kappa shape index (κ1) is 44.1. The molecule has 13 atom stereocenters. The van der Waals surface area contributed by atoms with Crippen molar-refractivity contribution in [3.05, 3.63) is 52.3 Å². The molecule has 3 rings (SSSR count). The summed E-state index contributed by atoms with van der Waals surface area (Å²) >= 11 is 0. The van der Waals surface area contributed by atoms with Crippen molar-refractivity contribution in [2.45, 2.75) is 136 Å². The van der Waals surface area contributed by atoms with E-state index in [9.17, 15) is 29.9 Å². The number of oxime groups is 1. The highest BCUT2D eigenvalue weighted by Gasteiger charge is 2.48. The molecule has 1 aromatic carbocycles. The van der Waals surface area contributed by atoms with Crippen LogP contribution in [0.2, 0.25) is 0 Å². The average Bonchev–Trinajstić information content (AvgIpc) is 3.10. The molecule has 4 N–H and O–H groups in total. The predicted octanol–water partition coefficient (Wildman–Crippen LogP) is 5.08. The van der Waals surface area contributed by atoms with E-state index in [-0.39, 0.29) is 59.7 Å². The summed E-state index contributed by atoms with van der Waals surface area (Å²) in [6.45, 7) is 20.4. The number of aliphatic hydroxyl groups is 2. The van der Waals surface area contributed by atoms with Gasteiger partial charge in [-0.05, 0) is 65.8 Å². The van der Waals surface area contributed by atoms with Gasteiger partial charge in [-0.1, -0.05) is 58.5 Å². The SMILES string of the molecule is C=CO/N=C1/C(C)CNC(C)C(CC)OC(=O)[C@H](C)C(CC(=O)c2cccc([N+](=O)[O-])c2C)[C@H](C)[C@@H](O[C@@H]2O[C@H](C)C[C@H](NC)[C@H]2O)[C@@](C)(O)C[C@H]1C. The second-order valence-corrected chi connectivity index (χ2v) is 15.4. The molecule has 0 bridgehead atoms. The Balaban J connectivity index is 2.22. The Kier molecular flexibility index (Phi) is 16.1. The summed E-state index contributed by atoms with van der Waals surface area (Å²) in [5, 5.41) is 46.7. The van der Waals surface area contributed by atoms with Crippen molar-refractivity contribution >= 4 is 23.2 Å². The zero-order chi connectivity index (χ0) is 39.8. The number of benzene rings is 1. The molecular weight excluding hydrogens is 684 g/mol. The molecule has 2 heterocycles. The Morgan fingerprint density at radius 1 is 1.23 bits per heavy atom. The van der Waals surface area contributed by atoms with E-state index in [1.54, 1.807) is 27.8 Å². The third kappa shape index (κ3) is 10.9. The standard InChI is InChI=1S/C39H62N4O10/c1-12-33-27(9)41-20-22(4)34(42-50-13-2)21(3)19-39(10,47)36(53-38-35(45)30(40-11)17-23(5)51-38)25(7)29(26(8)37(46)52-33)18-32(44)28-15-14-16-31(24(28)6)43(48)49/h13-16,21-23,25-27,29-30,33,35-36,38,40-41,45,47H,2,12,17-20H2,1,3-11H3/b42-34+/t21-,22?,23-,25+,26-,27?,29?,30+,33?,35-,36-,38+,39+/m1/s1. The maximum Gasteiger partial charge on any atom is 0.309 e. The van der Waals surface area contributed by atoms with E-state index in [1.807, 2.05) is 34.6 Å². The minimum absolute atomic E-state index is 0.121. The molecule has 0 radical (unpaired) electrons. The van der Waals surface area contributed by atoms with Gasteiger partial charge in [0.25, 0.3) is 5.69 Å². The topological polar surface area (TPSA) is 191 Å². The molecule has 2 saturated heterocycles. The predicted molar refractivity (Wildman–Crippen MR) is 201 cm³/mol. The van der Waals surface area contributed by atoms with Gasteiger partial charge in [-0.2, -0.15) is 0 Å². The Labute approximate surface area is 314 Å². The van der Waals surface area contributed by atoms with Crippen LogP contribution in [0.5, 0.6) is 0 Å². The first-order chi connectivity index (χ1) is 24.9. The molecule has 0 aliphatic carbocycles. The van der Waals surface area contributed by atoms with E-state index < -0.39 is 64.6 Å². The molecule has 14 heteroatoms. The number of hydrogen-bond donors (Lipinski definition) is 4. The van der Waals surface area contributed by atoms with Crippen molar-refractivity contribution in [1.29, 1.82) is 0 Å². The fourth-order valence-electron chi connectivity index (χ4n) is 8.10. The van der Waals surface area contributed by atoms with Gasteiger partial charge in [-0.15, -0.1) is 0 Å². The summed E-state index contributed by atoms with van der Waals surface area (Å²) in [5.74, 6) is -3.85. The van der Waals surface area contributed by atoms with Crippen molar-refractivity contribution in [1.82, 2.24) is 10.6 Å². The van der Waals surface area contributed by atoms with E-state index in [2.05, 4.69) is 22.4 Å². The second kappa shape index (κ2) is 19.4. The summed E-state index contributed by atoms with van der Waals surface area (Å²) < 4.78 is 18.9. The van der Waals surface area contributed by atoms with Crippen LogP contribution in [-0.4, -0.2) is 94.6 Å². The maximum atomic E-state index is 14.2. The number of nitrogens with one attached hydrogen (secondary N) is 2. The van der Waals surface area contributed by atoms with Gasteiger partial charge in [0.1, 0.15) is 18.5 Å². The molecule has 0 spiro atoms. The molecule has 1 aromatic rings. The number of carbonyl (C=O) groups is 2. The van der Waals surface area contributed by atoms with Gasteiger partial charge in [0, 0.05) is 54.1 Å². The number of esters is 1. The van der Waals surface area contributed by atoms with Crippen molar-refractivity contribution in [2.24, 2.45) is 34.7 Å². The minimum Gasteiger partial charge on any atom is -0.461 e. The molecule has 298 valence electrons. The molecule has 2 fully saturated rings. The quantitative estimate of drug-likeness (QED) is 0.0818. The van der Waals surface area contributed by atoms with Crippen LogP contribution in [0.3, 0.4) is 0 Å². The number of Topliss-reactive ketones (excluding diaryl/α,β-unsaturated/α-hetero) is 1. The molecule has 4 unspecified atom stereocenters. The number of nitro benzene ring substituents is 1. The zero-order valence-corrected chi connectivity index (χ0v) is 33.0. The number of nitro groups is 1. The van der Waals surface area contributed by atoms with Crippen molar-refractivity contribution in [2.75, 3.05) is 13.6 Å². The molecule has 53 heavy (non-hydrogen) atoms. The normalized spacial score (nSPS) is 37.2. The number of cyclic esters (lactones) is 1. The van der Waals surface area contributed by atoms with E-state index in [4.69, 9.17) is 19.0 Å². The van der Waals surface area contributed by atoms with Gasteiger partial charge < -0.3 is 39.9 Å². The first-order valence-corrected chi connectivity index (χ1v) is 18.8. The summed E-state index contributed by atoms with van der Waals surface area (Å²) in [5.41, 5.74) is -0.789. The number of likely N-dealkylation sites (N-methyl/N-ethyl adjacent to an activating group) is 1. The van der Waals surface area contributed by atoms with Crippen LogP contribution in [0.4, 0.5) is 5.69 Å². The van der Waals surface area contributed by atoms with Crippen LogP contribution in [0.25, 0.3) is 0 Å². The number of ether oxygens (including phenoxy) is 3. The molecule has 14 nitrogen and oxygen atoms in total. The number of rotatable bonds is 10. The molecular formula is C39H62N4O10. The van der Waals surface area contributed by atoms with E-state index >= 15 is 0 Å². The Bertz CT molecular complexity index is 1450. The monoisotopic (exact) mass is 746 g/mol. The highest BCUT2D eigenvalue weighted by atomic mass is 16.7. The Hall–Kier alpha value is -3.27. The summed E-state index contributed by atoms with van der Waals surface area (Å²) in [6.07, 6.45) is -1.97. The third-order valence-electron chi connectivity index (χ3n) is 11.2. The fourth-order valence-corrected chi connectivity index (χ4v) is 8.10.